The van der Waals surface area contributed by atoms with Gasteiger partial charge in [-0.1, -0.05) is 30.3 Å². The number of aromatic nitrogens is 2. The SMILES string of the molecule is COc1cccc(CC(C2CCN(C(=O)c3ccccc3C)CC2)N(C)C(=O)c2ccn(C)n2)c1. The molecule has 184 valence electrons. The standard InChI is InChI=1S/C28H34N4O3/c1-20-8-5-6-11-24(20)27(33)32-16-12-22(13-17-32)26(19-21-9-7-10-23(18-21)35-4)31(3)28(34)25-14-15-30(2)29-25/h5-11,14-15,18,22,26H,12-13,16-17,19H2,1-4H3. The Bertz CT molecular complexity index is 1180. The number of amides is 2. The fraction of sp³-hybridized carbons (Fsp3) is 0.393. The fourth-order valence-electron chi connectivity index (χ4n) is 4.99. The zero-order chi connectivity index (χ0) is 24.9. The van der Waals surface area contributed by atoms with Gasteiger partial charge in [-0.2, -0.15) is 5.10 Å². The molecule has 35 heavy (non-hydrogen) atoms. The lowest BCUT2D eigenvalue weighted by Gasteiger charge is -2.40. The zero-order valence-electron chi connectivity index (χ0n) is 21.0. The van der Waals surface area contributed by atoms with Crippen LogP contribution in [0.25, 0.3) is 0 Å². The van der Waals surface area contributed by atoms with Gasteiger partial charge in [0.05, 0.1) is 7.11 Å². The van der Waals surface area contributed by atoms with Gasteiger partial charge in [-0.3, -0.25) is 14.3 Å². The maximum Gasteiger partial charge on any atom is 0.274 e. The molecule has 1 aliphatic heterocycles. The van der Waals surface area contributed by atoms with Crippen molar-refractivity contribution in [2.45, 2.75) is 32.2 Å². The minimum absolute atomic E-state index is 0.0210. The third-order valence-corrected chi connectivity index (χ3v) is 7.08. The van der Waals surface area contributed by atoms with Crippen LogP contribution in [0, 0.1) is 12.8 Å². The van der Waals surface area contributed by atoms with Crippen molar-refractivity contribution in [3.05, 3.63) is 83.2 Å². The molecule has 0 spiro atoms. The van der Waals surface area contributed by atoms with Gasteiger partial charge in [0.1, 0.15) is 11.4 Å². The minimum atomic E-state index is -0.0862. The molecular weight excluding hydrogens is 440 g/mol. The van der Waals surface area contributed by atoms with E-state index in [0.29, 0.717) is 25.2 Å². The van der Waals surface area contributed by atoms with Gasteiger partial charge in [-0.05, 0) is 67.5 Å². The monoisotopic (exact) mass is 474 g/mol. The number of likely N-dealkylation sites (tertiary alicyclic amines) is 1. The molecule has 0 bridgehead atoms. The molecule has 7 heteroatoms. The lowest BCUT2D eigenvalue weighted by Crippen LogP contribution is -2.48. The van der Waals surface area contributed by atoms with E-state index in [1.54, 1.807) is 24.1 Å². The summed E-state index contributed by atoms with van der Waals surface area (Å²) < 4.78 is 7.06. The summed E-state index contributed by atoms with van der Waals surface area (Å²) in [5.74, 6) is 1.07. The lowest BCUT2D eigenvalue weighted by molar-refractivity contribution is 0.0518. The number of nitrogens with zero attached hydrogens (tertiary/aromatic N) is 4. The van der Waals surface area contributed by atoms with Crippen LogP contribution in [0.5, 0.6) is 5.75 Å². The average molecular weight is 475 g/mol. The summed E-state index contributed by atoms with van der Waals surface area (Å²) in [6.07, 6.45) is 4.18. The first kappa shape index (κ1) is 24.5. The second-order valence-corrected chi connectivity index (χ2v) is 9.36. The van der Waals surface area contributed by atoms with Crippen molar-refractivity contribution < 1.29 is 14.3 Å². The molecular formula is C28H34N4O3. The molecule has 1 aromatic heterocycles. The van der Waals surface area contributed by atoms with Crippen molar-refractivity contribution in [1.29, 1.82) is 0 Å². The Morgan fingerprint density at radius 1 is 1.11 bits per heavy atom. The average Bonchev–Trinajstić information content (AvgIpc) is 3.32. The van der Waals surface area contributed by atoms with E-state index in [9.17, 15) is 9.59 Å². The minimum Gasteiger partial charge on any atom is -0.497 e. The second-order valence-electron chi connectivity index (χ2n) is 9.36. The molecule has 4 rings (SSSR count). The van der Waals surface area contributed by atoms with Gasteiger partial charge in [0, 0.05) is 45.0 Å². The molecule has 1 fully saturated rings. The number of likely N-dealkylation sites (N-methyl/N-ethyl adjacent to an activating group) is 1. The third-order valence-electron chi connectivity index (χ3n) is 7.08. The number of rotatable bonds is 7. The number of carbonyl (C=O) groups excluding carboxylic acids is 2. The molecule has 3 aromatic rings. The molecule has 0 saturated carbocycles. The number of piperidine rings is 1. The fourth-order valence-corrected chi connectivity index (χ4v) is 4.99. The second kappa shape index (κ2) is 10.8. The topological polar surface area (TPSA) is 67.7 Å². The van der Waals surface area contributed by atoms with E-state index in [1.165, 1.54) is 0 Å². The quantitative estimate of drug-likeness (QED) is 0.520. The van der Waals surface area contributed by atoms with Crippen molar-refractivity contribution in [2.75, 3.05) is 27.2 Å². The number of hydrogen-bond acceptors (Lipinski definition) is 4. The Morgan fingerprint density at radius 2 is 1.86 bits per heavy atom. The first-order chi connectivity index (χ1) is 16.9. The predicted octanol–water partition coefficient (Wildman–Crippen LogP) is 3.97. The van der Waals surface area contributed by atoms with Crippen molar-refractivity contribution in [2.24, 2.45) is 13.0 Å². The number of aryl methyl sites for hydroxylation is 2. The summed E-state index contributed by atoms with van der Waals surface area (Å²) in [6.45, 7) is 3.33. The number of carbonyl (C=O) groups is 2. The van der Waals surface area contributed by atoms with E-state index >= 15 is 0 Å². The van der Waals surface area contributed by atoms with Crippen molar-refractivity contribution in [1.82, 2.24) is 19.6 Å². The van der Waals surface area contributed by atoms with E-state index < -0.39 is 0 Å². The van der Waals surface area contributed by atoms with Crippen LogP contribution in [0.4, 0.5) is 0 Å². The van der Waals surface area contributed by atoms with Crippen LogP contribution in [0.3, 0.4) is 0 Å². The Morgan fingerprint density at radius 3 is 2.51 bits per heavy atom. The van der Waals surface area contributed by atoms with E-state index in [2.05, 4.69) is 11.2 Å². The highest BCUT2D eigenvalue weighted by atomic mass is 16.5. The highest BCUT2D eigenvalue weighted by Crippen LogP contribution is 2.29. The number of methoxy groups -OCH3 is 1. The first-order valence-corrected chi connectivity index (χ1v) is 12.1. The Hall–Kier alpha value is -3.61. The van der Waals surface area contributed by atoms with Crippen molar-refractivity contribution in [3.63, 3.8) is 0 Å². The van der Waals surface area contributed by atoms with Crippen LogP contribution in [0.15, 0.2) is 60.8 Å². The Balaban J connectivity index is 1.52. The zero-order valence-corrected chi connectivity index (χ0v) is 21.0. The molecule has 2 aromatic carbocycles. The van der Waals surface area contributed by atoms with E-state index in [4.69, 9.17) is 4.74 Å². The van der Waals surface area contributed by atoms with Crippen LogP contribution < -0.4 is 4.74 Å². The molecule has 1 aliphatic rings. The predicted molar refractivity (Wildman–Crippen MR) is 136 cm³/mol. The van der Waals surface area contributed by atoms with Gasteiger partial charge in [0.25, 0.3) is 11.8 Å². The maximum absolute atomic E-state index is 13.3. The summed E-state index contributed by atoms with van der Waals surface area (Å²) in [5.41, 5.74) is 3.32. The number of ether oxygens (including phenoxy) is 1. The summed E-state index contributed by atoms with van der Waals surface area (Å²) >= 11 is 0. The highest BCUT2D eigenvalue weighted by Gasteiger charge is 2.34. The van der Waals surface area contributed by atoms with Gasteiger partial charge >= 0.3 is 0 Å². The number of benzene rings is 2. The van der Waals surface area contributed by atoms with Crippen LogP contribution in [-0.4, -0.2) is 64.7 Å². The molecule has 2 heterocycles. The largest absolute Gasteiger partial charge is 0.497 e. The normalized spacial score (nSPS) is 15.0. The van der Waals surface area contributed by atoms with Crippen LogP contribution in [-0.2, 0) is 13.5 Å². The molecule has 0 N–H and O–H groups in total. The molecule has 1 atom stereocenters. The lowest BCUT2D eigenvalue weighted by atomic mass is 9.84. The van der Waals surface area contributed by atoms with E-state index in [1.807, 2.05) is 73.3 Å². The summed E-state index contributed by atoms with van der Waals surface area (Å²) in [6, 6.07) is 17.5. The van der Waals surface area contributed by atoms with Crippen molar-refractivity contribution in [3.8, 4) is 5.75 Å². The van der Waals surface area contributed by atoms with Crippen LogP contribution in [0.1, 0.15) is 44.8 Å². The van der Waals surface area contributed by atoms with Crippen LogP contribution in [0.2, 0.25) is 0 Å². The van der Waals surface area contributed by atoms with E-state index in [-0.39, 0.29) is 23.8 Å². The Kier molecular flexibility index (Phi) is 7.54. The summed E-state index contributed by atoms with van der Waals surface area (Å²) in [7, 11) is 5.34. The van der Waals surface area contributed by atoms with E-state index in [0.717, 1.165) is 35.3 Å². The van der Waals surface area contributed by atoms with Gasteiger partial charge in [0.2, 0.25) is 0 Å². The molecule has 7 nitrogen and oxygen atoms in total. The maximum atomic E-state index is 13.3. The van der Waals surface area contributed by atoms with Gasteiger partial charge in [0.15, 0.2) is 0 Å². The Labute approximate surface area is 207 Å². The molecule has 1 saturated heterocycles. The van der Waals surface area contributed by atoms with Crippen LogP contribution >= 0.6 is 0 Å². The summed E-state index contributed by atoms with van der Waals surface area (Å²) in [4.78, 5) is 30.2. The summed E-state index contributed by atoms with van der Waals surface area (Å²) in [5, 5.41) is 4.32. The van der Waals surface area contributed by atoms with Gasteiger partial charge < -0.3 is 14.5 Å². The molecule has 1 unspecified atom stereocenters. The van der Waals surface area contributed by atoms with Crippen molar-refractivity contribution >= 4 is 11.8 Å². The van der Waals surface area contributed by atoms with Gasteiger partial charge in [-0.15, -0.1) is 0 Å². The number of hydrogen-bond donors (Lipinski definition) is 0. The smallest absolute Gasteiger partial charge is 0.274 e. The highest BCUT2D eigenvalue weighted by molar-refractivity contribution is 5.95. The molecule has 0 radical (unpaired) electrons. The molecule has 0 aliphatic carbocycles. The third kappa shape index (κ3) is 5.56. The molecule has 2 amide bonds. The first-order valence-electron chi connectivity index (χ1n) is 12.1. The van der Waals surface area contributed by atoms with Gasteiger partial charge in [-0.25, -0.2) is 0 Å².